The van der Waals surface area contributed by atoms with Crippen LogP contribution in [0.5, 0.6) is 11.5 Å². The smallest absolute Gasteiger partial charge is 0.229 e. The lowest BCUT2D eigenvalue weighted by Gasteiger charge is -2.14. The van der Waals surface area contributed by atoms with Gasteiger partial charge in [0.2, 0.25) is 5.95 Å². The van der Waals surface area contributed by atoms with Crippen LogP contribution in [0.4, 0.5) is 23.1 Å². The van der Waals surface area contributed by atoms with Crippen LogP contribution < -0.4 is 20.1 Å². The number of hydrogen-bond acceptors (Lipinski definition) is 7. The van der Waals surface area contributed by atoms with E-state index < -0.39 is 0 Å². The number of H-pyrrole nitrogens is 1. The molecule has 0 aliphatic carbocycles. The molecule has 0 radical (unpaired) electrons. The first-order valence-electron chi connectivity index (χ1n) is 9.79. The standard InChI is InChI=1S/C23H19BrN6O2/c1-31-20-10-17-19(11-21(20)32-2)28-23(27-15-5-3-14(24)4-6-15)29-22(17)26-16-7-8-18-13(9-16)12-25-30-18/h3-12H,1-2H3,(H,25,30)(H2,26,27,28,29). The third kappa shape index (κ3) is 3.90. The van der Waals surface area contributed by atoms with Crippen LogP contribution in [-0.2, 0) is 0 Å². The molecular weight excluding hydrogens is 472 g/mol. The molecule has 8 nitrogen and oxygen atoms in total. The molecule has 5 rings (SSSR count). The summed E-state index contributed by atoms with van der Waals surface area (Å²) in [4.78, 5) is 9.44. The number of halogens is 1. The lowest BCUT2D eigenvalue weighted by atomic mass is 10.2. The lowest BCUT2D eigenvalue weighted by Crippen LogP contribution is -2.03. The van der Waals surface area contributed by atoms with E-state index in [0.717, 1.165) is 32.1 Å². The molecule has 0 amide bonds. The number of hydrogen-bond donors (Lipinski definition) is 3. The van der Waals surface area contributed by atoms with Gasteiger partial charge < -0.3 is 20.1 Å². The Morgan fingerprint density at radius 2 is 1.59 bits per heavy atom. The Balaban J connectivity index is 1.62. The number of nitrogens with one attached hydrogen (secondary N) is 3. The van der Waals surface area contributed by atoms with Crippen LogP contribution in [0.3, 0.4) is 0 Å². The van der Waals surface area contributed by atoms with Crippen LogP contribution in [0.1, 0.15) is 0 Å². The summed E-state index contributed by atoms with van der Waals surface area (Å²) in [5, 5.41) is 15.5. The van der Waals surface area contributed by atoms with Gasteiger partial charge in [0.05, 0.1) is 31.4 Å². The topological polar surface area (TPSA) is 97.0 Å². The monoisotopic (exact) mass is 490 g/mol. The Morgan fingerprint density at radius 1 is 0.844 bits per heavy atom. The zero-order valence-corrected chi connectivity index (χ0v) is 18.9. The number of ether oxygens (including phenoxy) is 2. The number of fused-ring (bicyclic) bond motifs is 2. The van der Waals surface area contributed by atoms with Crippen molar-refractivity contribution in [2.45, 2.75) is 0 Å². The van der Waals surface area contributed by atoms with Crippen LogP contribution in [0.2, 0.25) is 0 Å². The van der Waals surface area contributed by atoms with E-state index in [2.05, 4.69) is 36.8 Å². The summed E-state index contributed by atoms with van der Waals surface area (Å²) < 4.78 is 12.0. The van der Waals surface area contributed by atoms with E-state index in [9.17, 15) is 0 Å². The maximum Gasteiger partial charge on any atom is 0.229 e. The Kier molecular flexibility index (Phi) is 5.24. The number of benzene rings is 3. The molecule has 0 atom stereocenters. The van der Waals surface area contributed by atoms with E-state index in [1.54, 1.807) is 20.4 Å². The fraction of sp³-hybridized carbons (Fsp3) is 0.0870. The third-order valence-corrected chi connectivity index (χ3v) is 5.53. The molecule has 32 heavy (non-hydrogen) atoms. The normalized spacial score (nSPS) is 11.0. The van der Waals surface area contributed by atoms with Gasteiger partial charge in [-0.3, -0.25) is 5.10 Å². The Hall–Kier alpha value is -3.85. The summed E-state index contributed by atoms with van der Waals surface area (Å²) in [6.45, 7) is 0. The van der Waals surface area contributed by atoms with Crippen molar-refractivity contribution in [3.05, 3.63) is 65.3 Å². The maximum absolute atomic E-state index is 5.49. The molecule has 3 N–H and O–H groups in total. The highest BCUT2D eigenvalue weighted by molar-refractivity contribution is 9.10. The highest BCUT2D eigenvalue weighted by Crippen LogP contribution is 2.36. The molecule has 0 fully saturated rings. The predicted octanol–water partition coefficient (Wildman–Crippen LogP) is 5.77. The van der Waals surface area contributed by atoms with Gasteiger partial charge in [0.15, 0.2) is 11.5 Å². The average molecular weight is 491 g/mol. The van der Waals surface area contributed by atoms with Crippen molar-refractivity contribution >= 4 is 60.9 Å². The highest BCUT2D eigenvalue weighted by atomic mass is 79.9. The molecule has 0 aliphatic heterocycles. The van der Waals surface area contributed by atoms with Gasteiger partial charge >= 0.3 is 0 Å². The van der Waals surface area contributed by atoms with Crippen molar-refractivity contribution in [1.82, 2.24) is 20.2 Å². The van der Waals surface area contributed by atoms with E-state index in [-0.39, 0.29) is 0 Å². The second kappa shape index (κ2) is 8.35. The molecule has 5 aromatic rings. The Bertz CT molecular complexity index is 1420. The van der Waals surface area contributed by atoms with Gasteiger partial charge in [-0.1, -0.05) is 15.9 Å². The fourth-order valence-electron chi connectivity index (χ4n) is 3.43. The largest absolute Gasteiger partial charge is 0.493 e. The van der Waals surface area contributed by atoms with Gasteiger partial charge in [0.1, 0.15) is 5.82 Å². The van der Waals surface area contributed by atoms with Crippen LogP contribution >= 0.6 is 15.9 Å². The first-order valence-corrected chi connectivity index (χ1v) is 10.6. The van der Waals surface area contributed by atoms with E-state index in [4.69, 9.17) is 19.4 Å². The number of rotatable bonds is 6. The zero-order valence-electron chi connectivity index (χ0n) is 17.3. The van der Waals surface area contributed by atoms with Gasteiger partial charge in [-0.15, -0.1) is 0 Å². The van der Waals surface area contributed by atoms with Crippen molar-refractivity contribution in [2.75, 3.05) is 24.9 Å². The molecule has 3 aromatic carbocycles. The molecule has 2 aromatic heterocycles. The molecule has 9 heteroatoms. The number of aromatic nitrogens is 4. The number of methoxy groups -OCH3 is 2. The molecule has 0 saturated carbocycles. The van der Waals surface area contributed by atoms with Crippen molar-refractivity contribution < 1.29 is 9.47 Å². The Morgan fingerprint density at radius 3 is 2.38 bits per heavy atom. The first kappa shape index (κ1) is 20.1. The summed E-state index contributed by atoms with van der Waals surface area (Å²) >= 11 is 3.45. The van der Waals surface area contributed by atoms with Crippen molar-refractivity contribution in [3.8, 4) is 11.5 Å². The van der Waals surface area contributed by atoms with E-state index in [1.807, 2.05) is 54.6 Å². The number of nitrogens with zero attached hydrogens (tertiary/aromatic N) is 3. The lowest BCUT2D eigenvalue weighted by molar-refractivity contribution is 0.356. The second-order valence-electron chi connectivity index (χ2n) is 7.05. The first-order chi connectivity index (χ1) is 15.6. The zero-order chi connectivity index (χ0) is 22.1. The van der Waals surface area contributed by atoms with Gasteiger partial charge in [-0.25, -0.2) is 4.98 Å². The van der Waals surface area contributed by atoms with Gasteiger partial charge in [-0.05, 0) is 48.5 Å². The summed E-state index contributed by atoms with van der Waals surface area (Å²) in [6, 6.07) is 17.5. The van der Waals surface area contributed by atoms with E-state index in [1.165, 1.54) is 0 Å². The fourth-order valence-corrected chi connectivity index (χ4v) is 3.69. The maximum atomic E-state index is 5.49. The van der Waals surface area contributed by atoms with Gasteiger partial charge in [-0.2, -0.15) is 10.1 Å². The average Bonchev–Trinajstić information content (AvgIpc) is 3.27. The minimum absolute atomic E-state index is 0.457. The summed E-state index contributed by atoms with van der Waals surface area (Å²) in [6.07, 6.45) is 1.78. The third-order valence-electron chi connectivity index (χ3n) is 5.00. The van der Waals surface area contributed by atoms with E-state index in [0.29, 0.717) is 28.8 Å². The van der Waals surface area contributed by atoms with Gasteiger partial charge in [0, 0.05) is 32.7 Å². The quantitative estimate of drug-likeness (QED) is 0.277. The summed E-state index contributed by atoms with van der Waals surface area (Å²) in [7, 11) is 3.21. The second-order valence-corrected chi connectivity index (χ2v) is 7.96. The highest BCUT2D eigenvalue weighted by Gasteiger charge is 2.14. The van der Waals surface area contributed by atoms with Crippen molar-refractivity contribution in [1.29, 1.82) is 0 Å². The number of anilines is 4. The Labute approximate surface area is 192 Å². The van der Waals surface area contributed by atoms with Crippen molar-refractivity contribution in [2.24, 2.45) is 0 Å². The van der Waals surface area contributed by atoms with Crippen LogP contribution in [-0.4, -0.2) is 34.4 Å². The van der Waals surface area contributed by atoms with E-state index >= 15 is 0 Å². The van der Waals surface area contributed by atoms with Crippen LogP contribution in [0.15, 0.2) is 65.3 Å². The minimum Gasteiger partial charge on any atom is -0.493 e. The van der Waals surface area contributed by atoms with Crippen LogP contribution in [0, 0.1) is 0 Å². The molecule has 0 saturated heterocycles. The predicted molar refractivity (Wildman–Crippen MR) is 129 cm³/mol. The summed E-state index contributed by atoms with van der Waals surface area (Å²) in [5.41, 5.74) is 3.43. The molecule has 0 bridgehead atoms. The number of aromatic amines is 1. The molecule has 0 spiro atoms. The molecule has 2 heterocycles. The van der Waals surface area contributed by atoms with Crippen molar-refractivity contribution in [3.63, 3.8) is 0 Å². The molecule has 0 aliphatic rings. The molecule has 0 unspecified atom stereocenters. The molecular formula is C23H19BrN6O2. The molecule has 160 valence electrons. The summed E-state index contributed by atoms with van der Waals surface area (Å²) in [5.74, 6) is 2.29. The van der Waals surface area contributed by atoms with Crippen LogP contribution in [0.25, 0.3) is 21.8 Å². The van der Waals surface area contributed by atoms with Gasteiger partial charge in [0.25, 0.3) is 0 Å². The minimum atomic E-state index is 0.457. The SMILES string of the molecule is COc1cc2nc(Nc3ccc(Br)cc3)nc(Nc3ccc4[nH]ncc4c3)c2cc1OC.